The molecule has 1 atom stereocenters. The predicted octanol–water partition coefficient (Wildman–Crippen LogP) is 4.22. The number of piperazine rings is 1. The molecule has 1 N–H and O–H groups in total. The van der Waals surface area contributed by atoms with Crippen molar-refractivity contribution in [2.75, 3.05) is 38.0 Å². The highest BCUT2D eigenvalue weighted by Gasteiger charge is 2.25. The van der Waals surface area contributed by atoms with Crippen LogP contribution < -0.4 is 5.32 Å². The number of anilines is 1. The van der Waals surface area contributed by atoms with E-state index in [2.05, 4.69) is 34.2 Å². The van der Waals surface area contributed by atoms with Crippen LogP contribution >= 0.6 is 34.3 Å². The Kier molecular flexibility index (Phi) is 6.57. The molecule has 0 aromatic carbocycles. The van der Waals surface area contributed by atoms with E-state index in [0.29, 0.717) is 18.0 Å². The van der Waals surface area contributed by atoms with Gasteiger partial charge in [0, 0.05) is 42.5 Å². The molecule has 1 aliphatic heterocycles. The van der Waals surface area contributed by atoms with E-state index in [1.54, 1.807) is 22.7 Å². The minimum Gasteiger partial charge on any atom is -0.315 e. The average Bonchev–Trinajstić information content (AvgIpc) is 3.25. The third-order valence-corrected chi connectivity index (χ3v) is 8.10. The number of nitriles is 1. The summed E-state index contributed by atoms with van der Waals surface area (Å²) in [5, 5.41) is 13.4. The molecule has 1 fully saturated rings. The summed E-state index contributed by atoms with van der Waals surface area (Å²) in [7, 11) is 0. The molecule has 0 bridgehead atoms. The van der Waals surface area contributed by atoms with Gasteiger partial charge in [-0.25, -0.2) is 0 Å². The number of fused-ring (bicyclic) bond motifs is 1. The first-order valence-corrected chi connectivity index (χ1v) is 12.1. The van der Waals surface area contributed by atoms with Gasteiger partial charge in [0.2, 0.25) is 5.91 Å². The van der Waals surface area contributed by atoms with Crippen molar-refractivity contribution in [3.8, 4) is 6.07 Å². The van der Waals surface area contributed by atoms with E-state index in [1.165, 1.54) is 9.75 Å². The number of rotatable bonds is 5. The van der Waals surface area contributed by atoms with Gasteiger partial charge >= 0.3 is 0 Å². The molecule has 1 aliphatic carbocycles. The predicted molar refractivity (Wildman–Crippen MR) is 120 cm³/mol. The number of hydrogen-bond acceptors (Lipinski definition) is 6. The normalized spacial score (nSPS) is 20.2. The Morgan fingerprint density at radius 3 is 2.72 bits per heavy atom. The first-order chi connectivity index (χ1) is 14.0. The van der Waals surface area contributed by atoms with Crippen LogP contribution in [0.15, 0.2) is 12.1 Å². The smallest absolute Gasteiger partial charge is 0.239 e. The Hall–Kier alpha value is -1.43. The topological polar surface area (TPSA) is 59.4 Å². The zero-order valence-electron chi connectivity index (χ0n) is 16.5. The molecule has 3 heterocycles. The third kappa shape index (κ3) is 5.01. The molecule has 0 radical (unpaired) electrons. The zero-order valence-corrected chi connectivity index (χ0v) is 18.9. The number of nitrogens with zero attached hydrogens (tertiary/aromatic N) is 3. The maximum absolute atomic E-state index is 12.6. The summed E-state index contributed by atoms with van der Waals surface area (Å²) in [5.74, 6) is 0.629. The Bertz CT molecular complexity index is 924. The minimum atomic E-state index is -0.0216. The van der Waals surface area contributed by atoms with Crippen molar-refractivity contribution in [2.45, 2.75) is 32.7 Å². The van der Waals surface area contributed by atoms with Gasteiger partial charge in [-0.15, -0.1) is 22.7 Å². The Balaban J connectivity index is 1.29. The first kappa shape index (κ1) is 20.8. The molecule has 2 aromatic heterocycles. The maximum Gasteiger partial charge on any atom is 0.239 e. The Morgan fingerprint density at radius 2 is 2.03 bits per heavy atom. The summed E-state index contributed by atoms with van der Waals surface area (Å²) in [6, 6.07) is 6.35. The van der Waals surface area contributed by atoms with Gasteiger partial charge in [-0.1, -0.05) is 18.5 Å². The number of amides is 1. The second-order valence-electron chi connectivity index (χ2n) is 7.97. The highest BCUT2D eigenvalue weighted by molar-refractivity contribution is 7.16. The molecule has 8 heteroatoms. The summed E-state index contributed by atoms with van der Waals surface area (Å²) in [4.78, 5) is 19.8. The van der Waals surface area contributed by atoms with Crippen LogP contribution in [0.5, 0.6) is 0 Å². The highest BCUT2D eigenvalue weighted by Crippen LogP contribution is 2.39. The second kappa shape index (κ2) is 9.15. The van der Waals surface area contributed by atoms with E-state index in [9.17, 15) is 10.1 Å². The molecule has 1 saturated heterocycles. The van der Waals surface area contributed by atoms with Crippen molar-refractivity contribution in [1.82, 2.24) is 9.80 Å². The fourth-order valence-electron chi connectivity index (χ4n) is 4.09. The first-order valence-electron chi connectivity index (χ1n) is 10.0. The van der Waals surface area contributed by atoms with Crippen LogP contribution in [-0.4, -0.2) is 48.4 Å². The zero-order chi connectivity index (χ0) is 20.4. The number of halogens is 1. The molecule has 2 aliphatic rings. The van der Waals surface area contributed by atoms with Gasteiger partial charge in [0.15, 0.2) is 0 Å². The molecule has 5 nitrogen and oxygen atoms in total. The molecule has 29 heavy (non-hydrogen) atoms. The van der Waals surface area contributed by atoms with Gasteiger partial charge in [-0.05, 0) is 42.9 Å². The maximum atomic E-state index is 12.6. The van der Waals surface area contributed by atoms with Gasteiger partial charge in [0.25, 0.3) is 0 Å². The van der Waals surface area contributed by atoms with Crippen molar-refractivity contribution >= 4 is 45.2 Å². The third-order valence-electron chi connectivity index (χ3n) is 5.72. The second-order valence-corrected chi connectivity index (χ2v) is 10.9. The van der Waals surface area contributed by atoms with Crippen LogP contribution in [-0.2, 0) is 24.2 Å². The quantitative estimate of drug-likeness (QED) is 0.744. The van der Waals surface area contributed by atoms with Gasteiger partial charge in [0.1, 0.15) is 11.1 Å². The van der Waals surface area contributed by atoms with Crippen LogP contribution in [0.25, 0.3) is 0 Å². The fourth-order valence-corrected chi connectivity index (χ4v) is 6.60. The minimum absolute atomic E-state index is 0.0216. The Morgan fingerprint density at radius 1 is 1.28 bits per heavy atom. The van der Waals surface area contributed by atoms with Crippen LogP contribution in [0.1, 0.15) is 34.2 Å². The van der Waals surface area contributed by atoms with E-state index in [-0.39, 0.29) is 5.91 Å². The van der Waals surface area contributed by atoms with E-state index < -0.39 is 0 Å². The van der Waals surface area contributed by atoms with Gasteiger partial charge in [-0.3, -0.25) is 14.6 Å². The number of nitrogens with one attached hydrogen (secondary N) is 1. The molecule has 0 unspecified atom stereocenters. The number of thiophene rings is 2. The largest absolute Gasteiger partial charge is 0.315 e. The van der Waals surface area contributed by atoms with Crippen LogP contribution in [0.3, 0.4) is 0 Å². The molecule has 4 rings (SSSR count). The fraction of sp³-hybridized carbons (Fsp3) is 0.524. The molecular formula is C21H25ClN4OS2. The van der Waals surface area contributed by atoms with Gasteiger partial charge < -0.3 is 5.32 Å². The van der Waals surface area contributed by atoms with Crippen molar-refractivity contribution in [3.63, 3.8) is 0 Å². The number of carbonyl (C=O) groups excluding carboxylic acids is 1. The van der Waals surface area contributed by atoms with Gasteiger partial charge in [-0.2, -0.15) is 5.26 Å². The van der Waals surface area contributed by atoms with Crippen molar-refractivity contribution in [1.29, 1.82) is 5.26 Å². The van der Waals surface area contributed by atoms with E-state index in [0.717, 1.165) is 66.9 Å². The average molecular weight is 449 g/mol. The lowest BCUT2D eigenvalue weighted by molar-refractivity contribution is -0.117. The summed E-state index contributed by atoms with van der Waals surface area (Å²) in [5.41, 5.74) is 1.85. The van der Waals surface area contributed by atoms with Crippen molar-refractivity contribution in [2.24, 2.45) is 5.92 Å². The monoisotopic (exact) mass is 448 g/mol. The summed E-state index contributed by atoms with van der Waals surface area (Å²) < 4.78 is 0.830. The number of hydrogen-bond donors (Lipinski definition) is 1. The lowest BCUT2D eigenvalue weighted by atomic mass is 9.89. The Labute approximate surface area is 184 Å². The van der Waals surface area contributed by atoms with E-state index in [4.69, 9.17) is 11.6 Å². The molecule has 0 spiro atoms. The molecule has 0 saturated carbocycles. The van der Waals surface area contributed by atoms with Crippen LogP contribution in [0.4, 0.5) is 5.00 Å². The van der Waals surface area contributed by atoms with E-state index in [1.807, 2.05) is 6.07 Å². The standard InChI is InChI=1S/C21H25ClN4OS2/c1-14-2-4-16-17(11-23)21(29-18(16)10-14)24-20(27)13-26-8-6-25(7-9-26)12-15-3-5-19(22)28-15/h3,5,14H,2,4,6-10,12-13H2,1H3,(H,24,27)/t14-/m0/s1. The lowest BCUT2D eigenvalue weighted by Gasteiger charge is -2.33. The van der Waals surface area contributed by atoms with Crippen molar-refractivity contribution in [3.05, 3.63) is 37.4 Å². The summed E-state index contributed by atoms with van der Waals surface area (Å²) in [6.07, 6.45) is 3.08. The molecule has 1 amide bonds. The summed E-state index contributed by atoms with van der Waals surface area (Å²) in [6.45, 7) is 7.17. The highest BCUT2D eigenvalue weighted by atomic mass is 35.5. The van der Waals surface area contributed by atoms with Crippen LogP contribution in [0, 0.1) is 17.2 Å². The molecule has 2 aromatic rings. The van der Waals surface area contributed by atoms with E-state index >= 15 is 0 Å². The molecular weight excluding hydrogens is 424 g/mol. The molecule has 154 valence electrons. The number of carbonyl (C=O) groups is 1. The lowest BCUT2D eigenvalue weighted by Crippen LogP contribution is -2.48. The summed E-state index contributed by atoms with van der Waals surface area (Å²) >= 11 is 9.24. The SMILES string of the molecule is C[C@H]1CCc2c(sc(NC(=O)CN3CCN(Cc4ccc(Cl)s4)CC3)c2C#N)C1. The van der Waals surface area contributed by atoms with Crippen LogP contribution in [0.2, 0.25) is 4.34 Å². The van der Waals surface area contributed by atoms with Gasteiger partial charge in [0.05, 0.1) is 16.4 Å². The van der Waals surface area contributed by atoms with Crippen molar-refractivity contribution < 1.29 is 4.79 Å².